The van der Waals surface area contributed by atoms with Crippen molar-refractivity contribution in [1.82, 2.24) is 15.0 Å². The van der Waals surface area contributed by atoms with Crippen LogP contribution in [0.25, 0.3) is 10.2 Å². The summed E-state index contributed by atoms with van der Waals surface area (Å²) >= 11 is 1.54. The first-order chi connectivity index (χ1) is 12.5. The first-order valence-corrected chi connectivity index (χ1v) is 9.45. The molecule has 2 atom stereocenters. The summed E-state index contributed by atoms with van der Waals surface area (Å²) in [6.07, 6.45) is 0.904. The van der Waals surface area contributed by atoms with Crippen molar-refractivity contribution in [3.05, 3.63) is 30.1 Å². The maximum Gasteiger partial charge on any atom is 0.247 e. The highest BCUT2D eigenvalue weighted by Crippen LogP contribution is 2.36. The van der Waals surface area contributed by atoms with Crippen molar-refractivity contribution < 1.29 is 4.79 Å². The van der Waals surface area contributed by atoms with Crippen LogP contribution in [0, 0.1) is 12.8 Å². The fourth-order valence-corrected chi connectivity index (χ4v) is 3.83. The van der Waals surface area contributed by atoms with Gasteiger partial charge in [0.15, 0.2) is 16.8 Å². The normalized spacial score (nSPS) is 17.3. The Morgan fingerprint density at radius 2 is 2.08 bits per heavy atom. The molecule has 0 bridgehead atoms. The number of hydrogen-bond donors (Lipinski definition) is 3. The first kappa shape index (κ1) is 16.7. The zero-order valence-corrected chi connectivity index (χ0v) is 15.6. The maximum atomic E-state index is 12.5. The Bertz CT molecular complexity index is 952. The number of anilines is 4. The van der Waals surface area contributed by atoms with Crippen molar-refractivity contribution in [2.24, 2.45) is 5.92 Å². The number of aromatic nitrogens is 3. The Kier molecular flexibility index (Phi) is 4.20. The standard InChI is InChI=1S/C18H20N6OS/c1-4-9(2)13-17(25)23-14-15(22-13)19-10(3)20-16(14)24-18-21-11-7-5-6-8-12(11)26-18/h5-9,13H,4H2,1-3H3,(H,23,25)(H2,19,20,21,22,24). The van der Waals surface area contributed by atoms with Crippen LogP contribution in [0.2, 0.25) is 0 Å². The highest BCUT2D eigenvalue weighted by molar-refractivity contribution is 7.22. The summed E-state index contributed by atoms with van der Waals surface area (Å²) in [6, 6.07) is 7.65. The number of carbonyl (C=O) groups is 1. The molecular formula is C18H20N6OS. The molecule has 3 heterocycles. The van der Waals surface area contributed by atoms with Crippen molar-refractivity contribution >= 4 is 49.9 Å². The molecule has 1 amide bonds. The van der Waals surface area contributed by atoms with Gasteiger partial charge in [0, 0.05) is 0 Å². The Labute approximate surface area is 155 Å². The largest absolute Gasteiger partial charge is 0.356 e. The number of hydrogen-bond acceptors (Lipinski definition) is 7. The summed E-state index contributed by atoms with van der Waals surface area (Å²) in [7, 11) is 0. The molecule has 3 aromatic rings. The fraction of sp³-hybridized carbons (Fsp3) is 0.333. The number of fused-ring (bicyclic) bond motifs is 2. The summed E-state index contributed by atoms with van der Waals surface area (Å²) in [5, 5.41) is 10.2. The number of para-hydroxylation sites is 1. The molecule has 8 heteroatoms. The number of aryl methyl sites for hydroxylation is 1. The van der Waals surface area contributed by atoms with Crippen molar-refractivity contribution in [3.63, 3.8) is 0 Å². The van der Waals surface area contributed by atoms with Crippen LogP contribution in [-0.4, -0.2) is 26.9 Å². The Morgan fingerprint density at radius 3 is 2.85 bits per heavy atom. The van der Waals surface area contributed by atoms with E-state index in [0.29, 0.717) is 23.1 Å². The lowest BCUT2D eigenvalue weighted by molar-refractivity contribution is -0.118. The number of amides is 1. The number of nitrogens with zero attached hydrogens (tertiary/aromatic N) is 3. The molecule has 0 radical (unpaired) electrons. The smallest absolute Gasteiger partial charge is 0.247 e. The molecule has 4 rings (SSSR count). The van der Waals surface area contributed by atoms with Gasteiger partial charge in [-0.15, -0.1) is 0 Å². The van der Waals surface area contributed by atoms with E-state index in [0.717, 1.165) is 21.8 Å². The minimum Gasteiger partial charge on any atom is -0.356 e. The Balaban J connectivity index is 1.70. The van der Waals surface area contributed by atoms with Gasteiger partial charge in [0.05, 0.1) is 10.2 Å². The zero-order valence-electron chi connectivity index (χ0n) is 14.8. The third-order valence-corrected chi connectivity index (χ3v) is 5.53. The third kappa shape index (κ3) is 2.96. The van der Waals surface area contributed by atoms with Crippen LogP contribution in [0.4, 0.5) is 22.5 Å². The number of nitrogens with one attached hydrogen (secondary N) is 3. The summed E-state index contributed by atoms with van der Waals surface area (Å²) in [5.74, 6) is 1.96. The summed E-state index contributed by atoms with van der Waals surface area (Å²) < 4.78 is 1.09. The van der Waals surface area contributed by atoms with E-state index in [1.54, 1.807) is 11.3 Å². The fourth-order valence-electron chi connectivity index (χ4n) is 2.96. The van der Waals surface area contributed by atoms with E-state index in [9.17, 15) is 4.79 Å². The van der Waals surface area contributed by atoms with Gasteiger partial charge in [-0.05, 0) is 25.0 Å². The third-order valence-electron chi connectivity index (χ3n) is 4.58. The van der Waals surface area contributed by atoms with Gasteiger partial charge in [0.1, 0.15) is 17.6 Å². The molecule has 0 spiro atoms. The van der Waals surface area contributed by atoms with E-state index in [1.807, 2.05) is 31.2 Å². The Morgan fingerprint density at radius 1 is 1.27 bits per heavy atom. The van der Waals surface area contributed by atoms with Gasteiger partial charge in [-0.2, -0.15) is 0 Å². The van der Waals surface area contributed by atoms with Crippen LogP contribution in [0.5, 0.6) is 0 Å². The quantitative estimate of drug-likeness (QED) is 0.646. The van der Waals surface area contributed by atoms with Gasteiger partial charge in [-0.25, -0.2) is 15.0 Å². The highest BCUT2D eigenvalue weighted by atomic mass is 32.1. The van der Waals surface area contributed by atoms with Gasteiger partial charge in [-0.3, -0.25) is 4.79 Å². The predicted molar refractivity (Wildman–Crippen MR) is 105 cm³/mol. The Hall–Kier alpha value is -2.74. The molecule has 7 nitrogen and oxygen atoms in total. The summed E-state index contributed by atoms with van der Waals surface area (Å²) in [6.45, 7) is 5.96. The predicted octanol–water partition coefficient (Wildman–Crippen LogP) is 3.92. The van der Waals surface area contributed by atoms with Crippen molar-refractivity contribution in [1.29, 1.82) is 0 Å². The second kappa shape index (κ2) is 6.53. The zero-order chi connectivity index (χ0) is 18.3. The maximum absolute atomic E-state index is 12.5. The van der Waals surface area contributed by atoms with Crippen LogP contribution in [0.3, 0.4) is 0 Å². The second-order valence-electron chi connectivity index (χ2n) is 6.45. The monoisotopic (exact) mass is 368 g/mol. The van der Waals surface area contributed by atoms with Crippen molar-refractivity contribution in [3.8, 4) is 0 Å². The van der Waals surface area contributed by atoms with E-state index >= 15 is 0 Å². The SMILES string of the molecule is CCC(C)C1Nc2nc(C)nc(Nc3nc4ccccc4s3)c2NC1=O. The van der Waals surface area contributed by atoms with Crippen LogP contribution in [-0.2, 0) is 4.79 Å². The number of rotatable bonds is 4. The molecule has 2 aromatic heterocycles. The molecule has 1 aliphatic rings. The van der Waals surface area contributed by atoms with Gasteiger partial charge in [-0.1, -0.05) is 43.7 Å². The van der Waals surface area contributed by atoms with E-state index in [4.69, 9.17) is 0 Å². The summed E-state index contributed by atoms with van der Waals surface area (Å²) in [5.41, 5.74) is 1.50. The lowest BCUT2D eigenvalue weighted by atomic mass is 9.97. The second-order valence-corrected chi connectivity index (χ2v) is 7.48. The van der Waals surface area contributed by atoms with E-state index in [2.05, 4.69) is 44.7 Å². The molecule has 0 saturated carbocycles. The van der Waals surface area contributed by atoms with Crippen LogP contribution in [0.1, 0.15) is 26.1 Å². The average molecular weight is 368 g/mol. The molecule has 3 N–H and O–H groups in total. The lowest BCUT2D eigenvalue weighted by Gasteiger charge is -2.30. The minimum absolute atomic E-state index is 0.0633. The molecule has 134 valence electrons. The number of thiazole rings is 1. The molecule has 0 fully saturated rings. The number of carbonyl (C=O) groups excluding carboxylic acids is 1. The minimum atomic E-state index is -0.294. The van der Waals surface area contributed by atoms with Crippen molar-refractivity contribution in [2.45, 2.75) is 33.2 Å². The van der Waals surface area contributed by atoms with Gasteiger partial charge >= 0.3 is 0 Å². The van der Waals surface area contributed by atoms with E-state index < -0.39 is 0 Å². The van der Waals surface area contributed by atoms with Gasteiger partial charge in [0.2, 0.25) is 5.91 Å². The van der Waals surface area contributed by atoms with Gasteiger partial charge in [0.25, 0.3) is 0 Å². The molecule has 0 saturated heterocycles. The average Bonchev–Trinajstić information content (AvgIpc) is 3.03. The molecule has 0 aliphatic carbocycles. The topological polar surface area (TPSA) is 91.8 Å². The summed E-state index contributed by atoms with van der Waals surface area (Å²) in [4.78, 5) is 26.0. The molecule has 2 unspecified atom stereocenters. The molecule has 26 heavy (non-hydrogen) atoms. The van der Waals surface area contributed by atoms with Crippen LogP contribution in [0.15, 0.2) is 24.3 Å². The van der Waals surface area contributed by atoms with E-state index in [1.165, 1.54) is 0 Å². The van der Waals surface area contributed by atoms with E-state index in [-0.39, 0.29) is 17.9 Å². The first-order valence-electron chi connectivity index (χ1n) is 8.63. The molecule has 1 aliphatic heterocycles. The van der Waals surface area contributed by atoms with Crippen LogP contribution >= 0.6 is 11.3 Å². The molecular weight excluding hydrogens is 348 g/mol. The highest BCUT2D eigenvalue weighted by Gasteiger charge is 2.32. The van der Waals surface area contributed by atoms with Crippen LogP contribution < -0.4 is 16.0 Å². The molecule has 1 aromatic carbocycles. The van der Waals surface area contributed by atoms with Gasteiger partial charge < -0.3 is 16.0 Å². The number of benzene rings is 1. The van der Waals surface area contributed by atoms with Crippen molar-refractivity contribution in [2.75, 3.05) is 16.0 Å². The lowest BCUT2D eigenvalue weighted by Crippen LogP contribution is -2.43.